The van der Waals surface area contributed by atoms with Gasteiger partial charge in [0.25, 0.3) is 0 Å². The standard InChI is InChI=1S/C13H15F3N2O/c14-13(15,16)9-10-3-5-11(6-4-10)17-12(19)18-7-1-2-8-18/h3-6H,1-2,7-9H2,(H,17,19). The summed E-state index contributed by atoms with van der Waals surface area (Å²) in [6.07, 6.45) is -3.16. The number of benzene rings is 1. The van der Waals surface area contributed by atoms with Crippen molar-refractivity contribution < 1.29 is 18.0 Å². The van der Waals surface area contributed by atoms with E-state index in [0.717, 1.165) is 25.9 Å². The van der Waals surface area contributed by atoms with Crippen LogP contribution in [0.25, 0.3) is 0 Å². The first-order valence-electron chi connectivity index (χ1n) is 6.16. The van der Waals surface area contributed by atoms with Gasteiger partial charge < -0.3 is 10.2 Å². The third kappa shape index (κ3) is 4.15. The van der Waals surface area contributed by atoms with Gasteiger partial charge in [0.1, 0.15) is 0 Å². The van der Waals surface area contributed by atoms with Crippen LogP contribution in [-0.2, 0) is 6.42 Å². The summed E-state index contributed by atoms with van der Waals surface area (Å²) in [4.78, 5) is 13.5. The van der Waals surface area contributed by atoms with Crippen LogP contribution in [0.4, 0.5) is 23.7 Å². The second-order valence-electron chi connectivity index (χ2n) is 4.61. The molecule has 1 saturated heterocycles. The first-order valence-corrected chi connectivity index (χ1v) is 6.16. The minimum absolute atomic E-state index is 0.187. The number of nitrogens with zero attached hydrogens (tertiary/aromatic N) is 1. The summed E-state index contributed by atoms with van der Waals surface area (Å²) < 4.78 is 36.5. The Labute approximate surface area is 109 Å². The molecule has 6 heteroatoms. The molecule has 0 bridgehead atoms. The van der Waals surface area contributed by atoms with Crippen molar-refractivity contribution in [3.8, 4) is 0 Å². The van der Waals surface area contributed by atoms with E-state index in [0.29, 0.717) is 5.69 Å². The lowest BCUT2D eigenvalue weighted by Gasteiger charge is -2.16. The number of amides is 2. The van der Waals surface area contributed by atoms with Crippen LogP contribution in [0.1, 0.15) is 18.4 Å². The van der Waals surface area contributed by atoms with Gasteiger partial charge in [-0.1, -0.05) is 12.1 Å². The molecule has 0 atom stereocenters. The Morgan fingerprint density at radius 2 is 1.74 bits per heavy atom. The maximum absolute atomic E-state index is 12.2. The van der Waals surface area contributed by atoms with E-state index in [2.05, 4.69) is 5.32 Å². The van der Waals surface area contributed by atoms with Gasteiger partial charge in [0, 0.05) is 18.8 Å². The van der Waals surface area contributed by atoms with Gasteiger partial charge in [-0.05, 0) is 30.5 Å². The lowest BCUT2D eigenvalue weighted by atomic mass is 10.1. The monoisotopic (exact) mass is 272 g/mol. The number of hydrogen-bond acceptors (Lipinski definition) is 1. The van der Waals surface area contributed by atoms with Gasteiger partial charge in [-0.2, -0.15) is 13.2 Å². The summed E-state index contributed by atoms with van der Waals surface area (Å²) in [7, 11) is 0. The Hall–Kier alpha value is -1.72. The fourth-order valence-electron chi connectivity index (χ4n) is 2.06. The number of likely N-dealkylation sites (tertiary alicyclic amines) is 1. The highest BCUT2D eigenvalue weighted by Crippen LogP contribution is 2.22. The van der Waals surface area contributed by atoms with Crippen LogP contribution in [-0.4, -0.2) is 30.2 Å². The molecule has 0 radical (unpaired) electrons. The molecule has 1 aromatic rings. The molecular weight excluding hydrogens is 257 g/mol. The fourth-order valence-corrected chi connectivity index (χ4v) is 2.06. The number of carbonyl (C=O) groups is 1. The molecular formula is C13H15F3N2O. The maximum Gasteiger partial charge on any atom is 0.393 e. The molecule has 1 heterocycles. The molecule has 3 nitrogen and oxygen atoms in total. The zero-order valence-electron chi connectivity index (χ0n) is 10.3. The number of anilines is 1. The summed E-state index contributed by atoms with van der Waals surface area (Å²) in [5.41, 5.74) is 0.703. The summed E-state index contributed by atoms with van der Waals surface area (Å²) in [5.74, 6) is 0. The van der Waals surface area contributed by atoms with E-state index in [1.165, 1.54) is 24.3 Å². The molecule has 0 aromatic heterocycles. The van der Waals surface area contributed by atoms with Crippen molar-refractivity contribution in [2.75, 3.05) is 18.4 Å². The van der Waals surface area contributed by atoms with Gasteiger partial charge >= 0.3 is 12.2 Å². The van der Waals surface area contributed by atoms with Crippen LogP contribution in [0.3, 0.4) is 0 Å². The smallest absolute Gasteiger partial charge is 0.325 e. The van der Waals surface area contributed by atoms with Gasteiger partial charge in [-0.15, -0.1) is 0 Å². The fraction of sp³-hybridized carbons (Fsp3) is 0.462. The van der Waals surface area contributed by atoms with E-state index in [4.69, 9.17) is 0 Å². The van der Waals surface area contributed by atoms with Gasteiger partial charge in [-0.3, -0.25) is 0 Å². The average Bonchev–Trinajstić information content (AvgIpc) is 2.83. The van der Waals surface area contributed by atoms with Crippen LogP contribution in [0, 0.1) is 0 Å². The topological polar surface area (TPSA) is 32.3 Å². The molecule has 0 saturated carbocycles. The van der Waals surface area contributed by atoms with Crippen molar-refractivity contribution in [1.82, 2.24) is 4.90 Å². The highest BCUT2D eigenvalue weighted by molar-refractivity contribution is 5.89. The maximum atomic E-state index is 12.2. The number of alkyl halides is 3. The number of carbonyl (C=O) groups excluding carboxylic acids is 1. The molecule has 0 aliphatic carbocycles. The molecule has 2 rings (SSSR count). The quantitative estimate of drug-likeness (QED) is 0.879. The third-order valence-electron chi connectivity index (χ3n) is 3.00. The van der Waals surface area contributed by atoms with Crippen LogP contribution in [0.15, 0.2) is 24.3 Å². The molecule has 104 valence electrons. The van der Waals surface area contributed by atoms with Crippen LogP contribution in [0.2, 0.25) is 0 Å². The van der Waals surface area contributed by atoms with E-state index in [-0.39, 0.29) is 11.6 Å². The Balaban J connectivity index is 1.93. The Bertz CT molecular complexity index is 436. The van der Waals surface area contributed by atoms with Crippen molar-refractivity contribution in [3.05, 3.63) is 29.8 Å². The van der Waals surface area contributed by atoms with E-state index in [9.17, 15) is 18.0 Å². The summed E-state index contributed by atoms with van der Waals surface area (Å²) in [6.45, 7) is 1.47. The van der Waals surface area contributed by atoms with E-state index in [1.807, 2.05) is 0 Å². The Morgan fingerprint density at radius 1 is 1.16 bits per heavy atom. The highest BCUT2D eigenvalue weighted by Gasteiger charge is 2.27. The molecule has 19 heavy (non-hydrogen) atoms. The largest absolute Gasteiger partial charge is 0.393 e. The van der Waals surface area contributed by atoms with Gasteiger partial charge in [0.15, 0.2) is 0 Å². The molecule has 1 aliphatic heterocycles. The normalized spacial score (nSPS) is 15.6. The SMILES string of the molecule is O=C(Nc1ccc(CC(F)(F)F)cc1)N1CCCC1. The molecule has 2 amide bonds. The lowest BCUT2D eigenvalue weighted by molar-refractivity contribution is -0.127. The van der Waals surface area contributed by atoms with E-state index in [1.54, 1.807) is 4.90 Å². The Morgan fingerprint density at radius 3 is 2.26 bits per heavy atom. The molecule has 1 fully saturated rings. The number of rotatable bonds is 2. The van der Waals surface area contributed by atoms with Gasteiger partial charge in [-0.25, -0.2) is 4.79 Å². The van der Waals surface area contributed by atoms with Crippen molar-refractivity contribution in [2.45, 2.75) is 25.4 Å². The third-order valence-corrected chi connectivity index (χ3v) is 3.00. The first-order chi connectivity index (χ1) is 8.94. The van der Waals surface area contributed by atoms with Crippen molar-refractivity contribution in [3.63, 3.8) is 0 Å². The minimum atomic E-state index is -4.21. The van der Waals surface area contributed by atoms with E-state index < -0.39 is 12.6 Å². The zero-order valence-corrected chi connectivity index (χ0v) is 10.3. The molecule has 1 aliphatic rings. The van der Waals surface area contributed by atoms with Crippen LogP contribution >= 0.6 is 0 Å². The van der Waals surface area contributed by atoms with Gasteiger partial charge in [0.2, 0.25) is 0 Å². The number of urea groups is 1. The second-order valence-corrected chi connectivity index (χ2v) is 4.61. The first kappa shape index (κ1) is 13.7. The second kappa shape index (κ2) is 5.50. The number of halogens is 3. The number of hydrogen-bond donors (Lipinski definition) is 1. The predicted molar refractivity (Wildman–Crippen MR) is 66.0 cm³/mol. The minimum Gasteiger partial charge on any atom is -0.325 e. The number of nitrogens with one attached hydrogen (secondary N) is 1. The molecule has 1 N–H and O–H groups in total. The van der Waals surface area contributed by atoms with Crippen LogP contribution < -0.4 is 5.32 Å². The average molecular weight is 272 g/mol. The molecule has 0 unspecified atom stereocenters. The van der Waals surface area contributed by atoms with Crippen molar-refractivity contribution in [1.29, 1.82) is 0 Å². The zero-order chi connectivity index (χ0) is 13.9. The summed E-state index contributed by atoms with van der Waals surface area (Å²) >= 11 is 0. The van der Waals surface area contributed by atoms with E-state index >= 15 is 0 Å². The Kier molecular flexibility index (Phi) is 3.97. The van der Waals surface area contributed by atoms with Gasteiger partial charge in [0.05, 0.1) is 6.42 Å². The summed E-state index contributed by atoms with van der Waals surface area (Å²) in [6, 6.07) is 5.56. The summed E-state index contributed by atoms with van der Waals surface area (Å²) in [5, 5.41) is 2.68. The molecule has 0 spiro atoms. The highest BCUT2D eigenvalue weighted by atomic mass is 19.4. The lowest BCUT2D eigenvalue weighted by Crippen LogP contribution is -2.32. The van der Waals surface area contributed by atoms with Crippen molar-refractivity contribution in [2.24, 2.45) is 0 Å². The van der Waals surface area contributed by atoms with Crippen molar-refractivity contribution >= 4 is 11.7 Å². The van der Waals surface area contributed by atoms with Crippen LogP contribution in [0.5, 0.6) is 0 Å². The molecule has 1 aromatic carbocycles. The predicted octanol–water partition coefficient (Wildman–Crippen LogP) is 3.42.